The first-order chi connectivity index (χ1) is 12.3. The number of carbonyl (C=O) groups is 1. The summed E-state index contributed by atoms with van der Waals surface area (Å²) in [4.78, 5) is 14.4. The van der Waals surface area contributed by atoms with Crippen LogP contribution in [-0.2, 0) is 4.74 Å². The molecule has 0 aliphatic carbocycles. The van der Waals surface area contributed by atoms with Crippen molar-refractivity contribution in [1.82, 2.24) is 15.5 Å². The van der Waals surface area contributed by atoms with Gasteiger partial charge < -0.3 is 20.1 Å². The molecule has 1 aromatic rings. The van der Waals surface area contributed by atoms with E-state index in [-0.39, 0.29) is 6.03 Å². The van der Waals surface area contributed by atoms with Crippen molar-refractivity contribution in [2.45, 2.75) is 25.3 Å². The zero-order chi connectivity index (χ0) is 17.3. The fraction of sp³-hybridized carbons (Fsp3) is 0.632. The average molecular weight is 347 g/mol. The number of para-hydroxylation sites is 1. The SMILES string of the molecule is O=C(NCCOc1ccccc1)NCC1CCN(C2CCOC2)CC1. The molecule has 1 atom stereocenters. The zero-order valence-electron chi connectivity index (χ0n) is 14.8. The normalized spacial score (nSPS) is 21.8. The van der Waals surface area contributed by atoms with E-state index in [1.807, 2.05) is 30.3 Å². The van der Waals surface area contributed by atoms with E-state index in [1.165, 1.54) is 0 Å². The van der Waals surface area contributed by atoms with Crippen LogP contribution in [-0.4, -0.2) is 63.0 Å². The second kappa shape index (κ2) is 9.63. The molecule has 2 aliphatic heterocycles. The highest BCUT2D eigenvalue weighted by atomic mass is 16.5. The number of hydrogen-bond donors (Lipinski definition) is 2. The third-order valence-corrected chi connectivity index (χ3v) is 5.02. The Morgan fingerprint density at radius 2 is 1.96 bits per heavy atom. The van der Waals surface area contributed by atoms with Gasteiger partial charge in [-0.25, -0.2) is 4.79 Å². The number of hydrogen-bond acceptors (Lipinski definition) is 4. The van der Waals surface area contributed by atoms with Crippen LogP contribution in [0.25, 0.3) is 0 Å². The molecule has 2 aliphatic rings. The van der Waals surface area contributed by atoms with Gasteiger partial charge in [0, 0.05) is 19.2 Å². The van der Waals surface area contributed by atoms with E-state index >= 15 is 0 Å². The Balaban J connectivity index is 1.23. The van der Waals surface area contributed by atoms with Gasteiger partial charge in [0.25, 0.3) is 0 Å². The maximum absolute atomic E-state index is 11.9. The highest BCUT2D eigenvalue weighted by Crippen LogP contribution is 2.21. The predicted molar refractivity (Wildman–Crippen MR) is 96.9 cm³/mol. The highest BCUT2D eigenvalue weighted by Gasteiger charge is 2.27. The molecule has 2 heterocycles. The van der Waals surface area contributed by atoms with Gasteiger partial charge in [0.15, 0.2) is 0 Å². The molecular formula is C19H29N3O3. The lowest BCUT2D eigenvalue weighted by atomic mass is 9.95. The number of piperidine rings is 1. The molecular weight excluding hydrogens is 318 g/mol. The molecule has 25 heavy (non-hydrogen) atoms. The van der Waals surface area contributed by atoms with E-state index in [2.05, 4.69) is 15.5 Å². The fourth-order valence-electron chi connectivity index (χ4n) is 3.48. The minimum Gasteiger partial charge on any atom is -0.492 e. The molecule has 3 rings (SSSR count). The largest absolute Gasteiger partial charge is 0.492 e. The van der Waals surface area contributed by atoms with Crippen LogP contribution in [0.1, 0.15) is 19.3 Å². The molecule has 2 saturated heterocycles. The maximum atomic E-state index is 11.9. The number of ether oxygens (including phenoxy) is 2. The molecule has 138 valence electrons. The van der Waals surface area contributed by atoms with Crippen LogP contribution >= 0.6 is 0 Å². The number of rotatable bonds is 7. The quantitative estimate of drug-likeness (QED) is 0.739. The van der Waals surface area contributed by atoms with Crippen molar-refractivity contribution in [3.8, 4) is 5.75 Å². The summed E-state index contributed by atoms with van der Waals surface area (Å²) in [5.74, 6) is 1.40. The fourth-order valence-corrected chi connectivity index (χ4v) is 3.48. The average Bonchev–Trinajstić information content (AvgIpc) is 3.20. The van der Waals surface area contributed by atoms with Crippen LogP contribution < -0.4 is 15.4 Å². The summed E-state index contributed by atoms with van der Waals surface area (Å²) >= 11 is 0. The summed E-state index contributed by atoms with van der Waals surface area (Å²) in [5.41, 5.74) is 0. The molecule has 1 unspecified atom stereocenters. The minimum atomic E-state index is -0.108. The van der Waals surface area contributed by atoms with E-state index in [9.17, 15) is 4.79 Å². The minimum absolute atomic E-state index is 0.108. The van der Waals surface area contributed by atoms with E-state index in [4.69, 9.17) is 9.47 Å². The molecule has 2 fully saturated rings. The number of nitrogens with zero attached hydrogens (tertiary/aromatic N) is 1. The molecule has 2 amide bonds. The summed E-state index contributed by atoms with van der Waals surface area (Å²) in [6.07, 6.45) is 3.46. The van der Waals surface area contributed by atoms with Crippen LogP contribution in [0.5, 0.6) is 5.75 Å². The maximum Gasteiger partial charge on any atom is 0.314 e. The van der Waals surface area contributed by atoms with Crippen molar-refractivity contribution < 1.29 is 14.3 Å². The van der Waals surface area contributed by atoms with Crippen molar-refractivity contribution in [2.24, 2.45) is 5.92 Å². The Morgan fingerprint density at radius 1 is 1.16 bits per heavy atom. The molecule has 0 bridgehead atoms. The Hall–Kier alpha value is -1.79. The lowest BCUT2D eigenvalue weighted by Gasteiger charge is -2.35. The van der Waals surface area contributed by atoms with Crippen LogP contribution in [0.2, 0.25) is 0 Å². The van der Waals surface area contributed by atoms with Gasteiger partial charge in [-0.15, -0.1) is 0 Å². The molecule has 0 aromatic heterocycles. The number of likely N-dealkylation sites (tertiary alicyclic amines) is 1. The standard InChI is InChI=1S/C19H29N3O3/c23-19(20-9-13-25-18-4-2-1-3-5-18)21-14-16-6-10-22(11-7-16)17-8-12-24-15-17/h1-5,16-17H,6-15H2,(H2,20,21,23). The lowest BCUT2D eigenvalue weighted by molar-refractivity contribution is 0.110. The lowest BCUT2D eigenvalue weighted by Crippen LogP contribution is -2.45. The van der Waals surface area contributed by atoms with Gasteiger partial charge in [-0.2, -0.15) is 0 Å². The summed E-state index contributed by atoms with van der Waals surface area (Å²) in [7, 11) is 0. The molecule has 0 saturated carbocycles. The zero-order valence-corrected chi connectivity index (χ0v) is 14.8. The van der Waals surface area contributed by atoms with E-state index in [1.54, 1.807) is 0 Å². The van der Waals surface area contributed by atoms with Gasteiger partial charge in [0.1, 0.15) is 12.4 Å². The van der Waals surface area contributed by atoms with Crippen LogP contribution in [0.4, 0.5) is 4.79 Å². The van der Waals surface area contributed by atoms with Gasteiger partial charge in [0.05, 0.1) is 13.2 Å². The topological polar surface area (TPSA) is 62.8 Å². The van der Waals surface area contributed by atoms with E-state index in [0.717, 1.165) is 57.9 Å². The second-order valence-electron chi connectivity index (χ2n) is 6.80. The molecule has 6 nitrogen and oxygen atoms in total. The summed E-state index contributed by atoms with van der Waals surface area (Å²) < 4.78 is 11.0. The Labute approximate surface area is 149 Å². The summed E-state index contributed by atoms with van der Waals surface area (Å²) in [6, 6.07) is 10.1. The van der Waals surface area contributed by atoms with Gasteiger partial charge in [-0.3, -0.25) is 4.90 Å². The van der Waals surface area contributed by atoms with E-state index in [0.29, 0.717) is 25.1 Å². The molecule has 2 N–H and O–H groups in total. The van der Waals surface area contributed by atoms with Gasteiger partial charge in [-0.1, -0.05) is 18.2 Å². The van der Waals surface area contributed by atoms with Crippen molar-refractivity contribution in [3.63, 3.8) is 0 Å². The third-order valence-electron chi connectivity index (χ3n) is 5.02. The van der Waals surface area contributed by atoms with Gasteiger partial charge in [-0.05, 0) is 50.4 Å². The third kappa shape index (κ3) is 5.90. The van der Waals surface area contributed by atoms with Crippen molar-refractivity contribution in [1.29, 1.82) is 0 Å². The summed E-state index contributed by atoms with van der Waals surface area (Å²) in [6.45, 7) is 5.75. The van der Waals surface area contributed by atoms with Crippen LogP contribution in [0, 0.1) is 5.92 Å². The number of carbonyl (C=O) groups excluding carboxylic acids is 1. The van der Waals surface area contributed by atoms with Gasteiger partial charge in [0.2, 0.25) is 0 Å². The Bertz CT molecular complexity index is 512. The second-order valence-corrected chi connectivity index (χ2v) is 6.80. The van der Waals surface area contributed by atoms with Crippen molar-refractivity contribution in [2.75, 3.05) is 46.0 Å². The first-order valence-electron chi connectivity index (χ1n) is 9.32. The Morgan fingerprint density at radius 3 is 2.68 bits per heavy atom. The molecule has 1 aromatic carbocycles. The van der Waals surface area contributed by atoms with E-state index < -0.39 is 0 Å². The molecule has 0 radical (unpaired) electrons. The smallest absolute Gasteiger partial charge is 0.314 e. The predicted octanol–water partition coefficient (Wildman–Crippen LogP) is 1.87. The molecule has 0 spiro atoms. The Kier molecular flexibility index (Phi) is 6.94. The van der Waals surface area contributed by atoms with Crippen molar-refractivity contribution in [3.05, 3.63) is 30.3 Å². The van der Waals surface area contributed by atoms with Crippen LogP contribution in [0.3, 0.4) is 0 Å². The monoisotopic (exact) mass is 347 g/mol. The first kappa shape index (κ1) is 18.0. The summed E-state index contributed by atoms with van der Waals surface area (Å²) in [5, 5.41) is 5.83. The number of urea groups is 1. The number of amides is 2. The van der Waals surface area contributed by atoms with Crippen LogP contribution in [0.15, 0.2) is 30.3 Å². The van der Waals surface area contributed by atoms with Gasteiger partial charge >= 0.3 is 6.03 Å². The number of nitrogens with one attached hydrogen (secondary N) is 2. The molecule has 6 heteroatoms. The first-order valence-corrected chi connectivity index (χ1v) is 9.32. The highest BCUT2D eigenvalue weighted by molar-refractivity contribution is 5.73. The number of benzene rings is 1. The van der Waals surface area contributed by atoms with Crippen molar-refractivity contribution >= 4 is 6.03 Å².